The number of aromatic hydroxyl groups is 1. The van der Waals surface area contributed by atoms with Crippen LogP contribution in [0.25, 0.3) is 11.0 Å². The van der Waals surface area contributed by atoms with E-state index in [0.717, 1.165) is 31.8 Å². The van der Waals surface area contributed by atoms with Gasteiger partial charge in [-0.2, -0.15) is 0 Å². The molecule has 1 aliphatic heterocycles. The van der Waals surface area contributed by atoms with Crippen molar-refractivity contribution in [2.75, 3.05) is 13.2 Å². The molecule has 25 heavy (non-hydrogen) atoms. The molecule has 0 unspecified atom stereocenters. The summed E-state index contributed by atoms with van der Waals surface area (Å²) < 4.78 is 16.8. The summed E-state index contributed by atoms with van der Waals surface area (Å²) in [4.78, 5) is 12.6. The summed E-state index contributed by atoms with van der Waals surface area (Å²) in [6.07, 6.45) is 1.93. The second kappa shape index (κ2) is 6.61. The van der Waals surface area contributed by atoms with E-state index in [1.165, 1.54) is 6.07 Å². The molecule has 0 bridgehead atoms. The average Bonchev–Trinajstić information content (AvgIpc) is 3.06. The van der Waals surface area contributed by atoms with Crippen LogP contribution in [0.15, 0.2) is 52.9 Å². The molecule has 5 nitrogen and oxygen atoms in total. The zero-order chi connectivity index (χ0) is 17.2. The Balaban J connectivity index is 1.51. The molecule has 1 fully saturated rings. The van der Waals surface area contributed by atoms with Gasteiger partial charge in [-0.15, -0.1) is 0 Å². The minimum absolute atomic E-state index is 0.141. The van der Waals surface area contributed by atoms with Crippen molar-refractivity contribution in [2.24, 2.45) is 0 Å². The Hall–Kier alpha value is -2.79. The number of ether oxygens (including phenoxy) is 2. The summed E-state index contributed by atoms with van der Waals surface area (Å²) in [5, 5.41) is 10.2. The minimum atomic E-state index is -0.201. The van der Waals surface area contributed by atoms with Gasteiger partial charge in [0.25, 0.3) is 0 Å². The fourth-order valence-corrected chi connectivity index (χ4v) is 2.96. The smallest absolute Gasteiger partial charge is 0.228 e. The molecule has 0 atom stereocenters. The van der Waals surface area contributed by atoms with Crippen molar-refractivity contribution in [1.82, 2.24) is 0 Å². The second-order valence-electron chi connectivity index (χ2n) is 6.12. The first-order chi connectivity index (χ1) is 12.2. The number of rotatable bonds is 4. The van der Waals surface area contributed by atoms with Crippen LogP contribution in [0, 0.1) is 0 Å². The Bertz CT molecular complexity index is 888. The Morgan fingerprint density at radius 1 is 1.04 bits per heavy atom. The molecule has 4 rings (SSSR count). The number of fused-ring (bicyclic) bond motifs is 1. The number of phenolic OH excluding ortho intramolecular Hbond substituents is 1. The fraction of sp³-hybridized carbons (Fsp3) is 0.250. The highest BCUT2D eigenvalue weighted by Gasteiger charge is 2.17. The lowest BCUT2D eigenvalue weighted by Gasteiger charge is -2.23. The lowest BCUT2D eigenvalue weighted by Crippen LogP contribution is -2.25. The Kier molecular flexibility index (Phi) is 4.15. The number of carbonyl (C=O) groups is 1. The van der Waals surface area contributed by atoms with Gasteiger partial charge in [0.05, 0.1) is 13.2 Å². The third-order valence-electron chi connectivity index (χ3n) is 4.31. The molecule has 1 aliphatic rings. The van der Waals surface area contributed by atoms with Crippen LogP contribution in [0.5, 0.6) is 11.5 Å². The lowest BCUT2D eigenvalue weighted by atomic mass is 10.1. The summed E-state index contributed by atoms with van der Waals surface area (Å²) in [7, 11) is 0. The third-order valence-corrected chi connectivity index (χ3v) is 4.31. The summed E-state index contributed by atoms with van der Waals surface area (Å²) in [6, 6.07) is 13.5. The van der Waals surface area contributed by atoms with E-state index in [4.69, 9.17) is 13.9 Å². The highest BCUT2D eigenvalue weighted by molar-refractivity contribution is 6.09. The van der Waals surface area contributed by atoms with E-state index in [1.54, 1.807) is 42.5 Å². The Morgan fingerprint density at radius 2 is 1.80 bits per heavy atom. The molecule has 1 N–H and O–H groups in total. The monoisotopic (exact) mass is 338 g/mol. The maximum absolute atomic E-state index is 12.6. The van der Waals surface area contributed by atoms with Crippen molar-refractivity contribution >= 4 is 16.8 Å². The highest BCUT2D eigenvalue weighted by Crippen LogP contribution is 2.26. The van der Waals surface area contributed by atoms with Crippen molar-refractivity contribution in [3.63, 3.8) is 0 Å². The molecule has 128 valence electrons. The molecule has 0 radical (unpaired) electrons. The van der Waals surface area contributed by atoms with Crippen molar-refractivity contribution in [1.29, 1.82) is 0 Å². The second-order valence-corrected chi connectivity index (χ2v) is 6.12. The normalized spacial score (nSPS) is 15.4. The number of hydrogen-bond acceptors (Lipinski definition) is 5. The maximum atomic E-state index is 12.6. The van der Waals surface area contributed by atoms with Gasteiger partial charge in [-0.25, -0.2) is 0 Å². The quantitative estimate of drug-likeness (QED) is 0.730. The van der Waals surface area contributed by atoms with Crippen LogP contribution in [0.4, 0.5) is 0 Å². The number of ketones is 1. The summed E-state index contributed by atoms with van der Waals surface area (Å²) in [6.45, 7) is 1.45. The molecule has 3 aromatic rings. The van der Waals surface area contributed by atoms with Crippen LogP contribution in [0.2, 0.25) is 0 Å². The molecule has 1 aromatic heterocycles. The summed E-state index contributed by atoms with van der Waals surface area (Å²) >= 11 is 0. The van der Waals surface area contributed by atoms with Gasteiger partial charge in [0.2, 0.25) is 5.78 Å². The van der Waals surface area contributed by atoms with Crippen LogP contribution in [-0.2, 0) is 4.74 Å². The van der Waals surface area contributed by atoms with Crippen molar-refractivity contribution in [3.05, 3.63) is 59.9 Å². The zero-order valence-electron chi connectivity index (χ0n) is 13.6. The van der Waals surface area contributed by atoms with E-state index in [1.807, 2.05) is 0 Å². The molecule has 0 spiro atoms. The first-order valence-electron chi connectivity index (χ1n) is 8.31. The third kappa shape index (κ3) is 3.37. The standard InChI is InChI=1S/C20H18O5/c21-15-3-6-18-14(11-15)12-19(25-18)20(22)13-1-4-16(5-2-13)24-17-7-9-23-10-8-17/h1-6,11-12,17,21H,7-10H2. The van der Waals surface area contributed by atoms with E-state index in [0.29, 0.717) is 16.5 Å². The predicted octanol–water partition coefficient (Wildman–Crippen LogP) is 3.93. The Morgan fingerprint density at radius 3 is 2.56 bits per heavy atom. The van der Waals surface area contributed by atoms with Crippen LogP contribution in [0.3, 0.4) is 0 Å². The van der Waals surface area contributed by atoms with E-state index in [-0.39, 0.29) is 23.4 Å². The van der Waals surface area contributed by atoms with Crippen molar-refractivity contribution in [2.45, 2.75) is 18.9 Å². The van der Waals surface area contributed by atoms with Crippen LogP contribution in [-0.4, -0.2) is 30.2 Å². The molecule has 1 saturated heterocycles. The summed E-state index contributed by atoms with van der Waals surface area (Å²) in [5.41, 5.74) is 1.10. The SMILES string of the molecule is O=C(c1ccc(OC2CCOCC2)cc1)c1cc2cc(O)ccc2o1. The van der Waals surface area contributed by atoms with E-state index >= 15 is 0 Å². The van der Waals surface area contributed by atoms with Crippen molar-refractivity contribution in [3.8, 4) is 11.5 Å². The number of furan rings is 1. The van der Waals surface area contributed by atoms with Gasteiger partial charge in [-0.3, -0.25) is 4.79 Å². The van der Waals surface area contributed by atoms with Gasteiger partial charge in [0.15, 0.2) is 5.76 Å². The van der Waals surface area contributed by atoms with Crippen molar-refractivity contribution < 1.29 is 23.8 Å². The van der Waals surface area contributed by atoms with Gasteiger partial charge >= 0.3 is 0 Å². The van der Waals surface area contributed by atoms with Crippen LogP contribution in [0.1, 0.15) is 29.0 Å². The molecule has 2 aromatic carbocycles. The Labute approximate surface area is 144 Å². The molecule has 0 saturated carbocycles. The van der Waals surface area contributed by atoms with E-state index in [2.05, 4.69) is 0 Å². The molecule has 0 aliphatic carbocycles. The lowest BCUT2D eigenvalue weighted by molar-refractivity contribution is 0.0256. The van der Waals surface area contributed by atoms with E-state index < -0.39 is 0 Å². The average molecular weight is 338 g/mol. The van der Waals surface area contributed by atoms with E-state index in [9.17, 15) is 9.90 Å². The van der Waals surface area contributed by atoms with Crippen LogP contribution >= 0.6 is 0 Å². The molecule has 5 heteroatoms. The molecular weight excluding hydrogens is 320 g/mol. The zero-order valence-corrected chi connectivity index (χ0v) is 13.6. The van der Waals surface area contributed by atoms with Gasteiger partial charge < -0.3 is 19.0 Å². The largest absolute Gasteiger partial charge is 0.508 e. The molecular formula is C20H18O5. The van der Waals surface area contributed by atoms with Gasteiger partial charge in [-0.05, 0) is 48.5 Å². The topological polar surface area (TPSA) is 68.9 Å². The number of carbonyl (C=O) groups excluding carboxylic acids is 1. The number of hydrogen-bond donors (Lipinski definition) is 1. The van der Waals surface area contributed by atoms with Crippen LogP contribution < -0.4 is 4.74 Å². The summed E-state index contributed by atoms with van der Waals surface area (Å²) in [5.74, 6) is 0.937. The minimum Gasteiger partial charge on any atom is -0.508 e. The highest BCUT2D eigenvalue weighted by atomic mass is 16.5. The fourth-order valence-electron chi connectivity index (χ4n) is 2.96. The molecule has 2 heterocycles. The first-order valence-corrected chi connectivity index (χ1v) is 8.31. The maximum Gasteiger partial charge on any atom is 0.228 e. The number of benzene rings is 2. The molecule has 0 amide bonds. The first kappa shape index (κ1) is 15.7. The van der Waals surface area contributed by atoms with Gasteiger partial charge in [0.1, 0.15) is 23.2 Å². The van der Waals surface area contributed by atoms with Gasteiger partial charge in [0, 0.05) is 23.8 Å². The van der Waals surface area contributed by atoms with Gasteiger partial charge in [-0.1, -0.05) is 0 Å². The number of phenols is 1. The predicted molar refractivity (Wildman–Crippen MR) is 92.2 cm³/mol.